The van der Waals surface area contributed by atoms with E-state index in [2.05, 4.69) is 10.4 Å². The fourth-order valence-corrected chi connectivity index (χ4v) is 2.63. The van der Waals surface area contributed by atoms with Gasteiger partial charge in [-0.05, 0) is 51.0 Å². The molecular formula is C16H19ClFN3O2. The number of aliphatic hydroxyl groups excluding tert-OH is 1. The van der Waals surface area contributed by atoms with E-state index in [0.717, 1.165) is 0 Å². The SMILES string of the molecule is Cc1nn(-c2ccc(F)cc2)c(Cl)c1C(=O)NC(C)CCCO. The fraction of sp³-hybridized carbons (Fsp3) is 0.375. The number of amides is 1. The maximum absolute atomic E-state index is 13.0. The summed E-state index contributed by atoms with van der Waals surface area (Å²) in [6.07, 6.45) is 1.29. The topological polar surface area (TPSA) is 67.2 Å². The number of benzene rings is 1. The molecule has 7 heteroatoms. The molecule has 0 aliphatic heterocycles. The van der Waals surface area contributed by atoms with Crippen LogP contribution in [0.25, 0.3) is 5.69 Å². The monoisotopic (exact) mass is 339 g/mol. The van der Waals surface area contributed by atoms with Gasteiger partial charge in [-0.25, -0.2) is 9.07 Å². The molecule has 2 aromatic rings. The minimum Gasteiger partial charge on any atom is -0.396 e. The molecule has 1 unspecified atom stereocenters. The molecule has 0 radical (unpaired) electrons. The molecule has 0 aliphatic carbocycles. The Hall–Kier alpha value is -1.92. The van der Waals surface area contributed by atoms with Gasteiger partial charge in [-0.2, -0.15) is 5.10 Å². The molecule has 0 bridgehead atoms. The Balaban J connectivity index is 2.23. The van der Waals surface area contributed by atoms with Gasteiger partial charge in [0.25, 0.3) is 5.91 Å². The van der Waals surface area contributed by atoms with Crippen molar-refractivity contribution >= 4 is 17.5 Å². The maximum atomic E-state index is 13.0. The number of carbonyl (C=O) groups excluding carboxylic acids is 1. The lowest BCUT2D eigenvalue weighted by Crippen LogP contribution is -2.33. The van der Waals surface area contributed by atoms with Crippen LogP contribution < -0.4 is 5.32 Å². The first kappa shape index (κ1) is 17.4. The number of nitrogens with zero attached hydrogens (tertiary/aromatic N) is 2. The highest BCUT2D eigenvalue weighted by Gasteiger charge is 2.22. The fourth-order valence-electron chi connectivity index (χ4n) is 2.28. The highest BCUT2D eigenvalue weighted by atomic mass is 35.5. The summed E-state index contributed by atoms with van der Waals surface area (Å²) < 4.78 is 14.4. The molecule has 1 heterocycles. The Morgan fingerprint density at radius 1 is 1.43 bits per heavy atom. The van der Waals surface area contributed by atoms with Gasteiger partial charge in [0.15, 0.2) is 0 Å². The van der Waals surface area contributed by atoms with Crippen LogP contribution in [0.1, 0.15) is 35.8 Å². The van der Waals surface area contributed by atoms with Crippen molar-refractivity contribution in [1.29, 1.82) is 0 Å². The molecule has 0 saturated heterocycles. The third kappa shape index (κ3) is 4.09. The molecule has 1 atom stereocenters. The lowest BCUT2D eigenvalue weighted by molar-refractivity contribution is 0.0936. The second kappa shape index (κ2) is 7.57. The van der Waals surface area contributed by atoms with Gasteiger partial charge < -0.3 is 10.4 Å². The van der Waals surface area contributed by atoms with E-state index in [0.29, 0.717) is 29.8 Å². The predicted molar refractivity (Wildman–Crippen MR) is 86.5 cm³/mol. The van der Waals surface area contributed by atoms with E-state index in [1.165, 1.54) is 16.8 Å². The van der Waals surface area contributed by atoms with Crippen LogP contribution in [0.5, 0.6) is 0 Å². The summed E-state index contributed by atoms with van der Waals surface area (Å²) in [5, 5.41) is 16.1. The Morgan fingerprint density at radius 2 is 2.09 bits per heavy atom. The summed E-state index contributed by atoms with van der Waals surface area (Å²) in [5.41, 5.74) is 1.37. The summed E-state index contributed by atoms with van der Waals surface area (Å²) in [6.45, 7) is 3.64. The number of carbonyl (C=O) groups is 1. The van der Waals surface area contributed by atoms with Crippen molar-refractivity contribution in [2.24, 2.45) is 0 Å². The third-order valence-corrected chi connectivity index (χ3v) is 3.82. The Labute approximate surface area is 139 Å². The molecule has 5 nitrogen and oxygen atoms in total. The van der Waals surface area contributed by atoms with Gasteiger partial charge in [0.2, 0.25) is 0 Å². The van der Waals surface area contributed by atoms with Crippen molar-refractivity contribution < 1.29 is 14.3 Å². The molecule has 23 heavy (non-hydrogen) atoms. The molecular weight excluding hydrogens is 321 g/mol. The van der Waals surface area contributed by atoms with E-state index in [1.807, 2.05) is 6.92 Å². The van der Waals surface area contributed by atoms with Gasteiger partial charge >= 0.3 is 0 Å². The van der Waals surface area contributed by atoms with Gasteiger partial charge in [-0.15, -0.1) is 0 Å². The van der Waals surface area contributed by atoms with Crippen LogP contribution in [0, 0.1) is 12.7 Å². The van der Waals surface area contributed by atoms with Crippen LogP contribution in [-0.4, -0.2) is 33.4 Å². The number of aryl methyl sites for hydroxylation is 1. The number of hydrogen-bond donors (Lipinski definition) is 2. The summed E-state index contributed by atoms with van der Waals surface area (Å²) in [7, 11) is 0. The van der Waals surface area contributed by atoms with Gasteiger partial charge in [0.1, 0.15) is 11.0 Å². The standard InChI is InChI=1S/C16H19ClFN3O2/c1-10(4-3-9-22)19-16(23)14-11(2)20-21(15(14)17)13-7-5-12(18)6-8-13/h5-8,10,22H,3-4,9H2,1-2H3,(H,19,23). The largest absolute Gasteiger partial charge is 0.396 e. The molecule has 0 spiro atoms. The molecule has 1 amide bonds. The number of hydrogen-bond acceptors (Lipinski definition) is 3. The number of rotatable bonds is 6. The summed E-state index contributed by atoms with van der Waals surface area (Å²) in [5.74, 6) is -0.671. The smallest absolute Gasteiger partial charge is 0.256 e. The van der Waals surface area contributed by atoms with Crippen LogP contribution >= 0.6 is 11.6 Å². The molecule has 2 N–H and O–H groups in total. The van der Waals surface area contributed by atoms with Gasteiger partial charge in [0, 0.05) is 12.6 Å². The second-order valence-electron chi connectivity index (χ2n) is 5.38. The van der Waals surface area contributed by atoms with E-state index >= 15 is 0 Å². The van der Waals surface area contributed by atoms with E-state index in [9.17, 15) is 9.18 Å². The Kier molecular flexibility index (Phi) is 5.74. The summed E-state index contributed by atoms with van der Waals surface area (Å²) in [6, 6.07) is 5.61. The van der Waals surface area contributed by atoms with Crippen molar-refractivity contribution in [3.05, 3.63) is 46.5 Å². The first-order valence-electron chi connectivity index (χ1n) is 7.36. The number of nitrogens with one attached hydrogen (secondary N) is 1. The molecule has 0 saturated carbocycles. The van der Waals surface area contributed by atoms with Crippen LogP contribution in [0.2, 0.25) is 5.15 Å². The molecule has 1 aromatic carbocycles. The molecule has 1 aromatic heterocycles. The maximum Gasteiger partial charge on any atom is 0.256 e. The zero-order valence-corrected chi connectivity index (χ0v) is 13.8. The lowest BCUT2D eigenvalue weighted by Gasteiger charge is -2.13. The Morgan fingerprint density at radius 3 is 2.70 bits per heavy atom. The van der Waals surface area contributed by atoms with Crippen molar-refractivity contribution in [3.8, 4) is 5.69 Å². The van der Waals surface area contributed by atoms with E-state index in [1.54, 1.807) is 19.1 Å². The van der Waals surface area contributed by atoms with Gasteiger partial charge in [0.05, 0.1) is 16.9 Å². The third-order valence-electron chi connectivity index (χ3n) is 3.48. The molecule has 124 valence electrons. The van der Waals surface area contributed by atoms with E-state index < -0.39 is 0 Å². The molecule has 2 rings (SSSR count). The minimum absolute atomic E-state index is 0.0840. The first-order chi connectivity index (χ1) is 10.9. The van der Waals surface area contributed by atoms with Crippen molar-refractivity contribution in [2.45, 2.75) is 32.7 Å². The first-order valence-corrected chi connectivity index (χ1v) is 7.74. The minimum atomic E-state index is -0.357. The number of aliphatic hydroxyl groups is 1. The van der Waals surface area contributed by atoms with E-state index in [-0.39, 0.29) is 29.5 Å². The zero-order chi connectivity index (χ0) is 17.0. The average Bonchev–Trinajstić information content (AvgIpc) is 2.81. The average molecular weight is 340 g/mol. The molecule has 0 fully saturated rings. The number of halogens is 2. The number of aromatic nitrogens is 2. The van der Waals surface area contributed by atoms with Crippen LogP contribution in [-0.2, 0) is 0 Å². The van der Waals surface area contributed by atoms with E-state index in [4.69, 9.17) is 16.7 Å². The van der Waals surface area contributed by atoms with Crippen molar-refractivity contribution in [3.63, 3.8) is 0 Å². The van der Waals surface area contributed by atoms with Gasteiger partial charge in [-0.3, -0.25) is 4.79 Å². The highest BCUT2D eigenvalue weighted by molar-refractivity contribution is 6.33. The van der Waals surface area contributed by atoms with Gasteiger partial charge in [-0.1, -0.05) is 11.6 Å². The highest BCUT2D eigenvalue weighted by Crippen LogP contribution is 2.23. The van der Waals surface area contributed by atoms with Crippen molar-refractivity contribution in [1.82, 2.24) is 15.1 Å². The van der Waals surface area contributed by atoms with Crippen LogP contribution in [0.4, 0.5) is 4.39 Å². The lowest BCUT2D eigenvalue weighted by atomic mass is 10.1. The predicted octanol–water partition coefficient (Wildman–Crippen LogP) is 2.86. The normalized spacial score (nSPS) is 12.2. The zero-order valence-electron chi connectivity index (χ0n) is 13.0. The molecule has 0 aliphatic rings. The second-order valence-corrected chi connectivity index (χ2v) is 5.74. The van der Waals surface area contributed by atoms with Crippen molar-refractivity contribution in [2.75, 3.05) is 6.61 Å². The Bertz CT molecular complexity index is 685. The van der Waals surface area contributed by atoms with Crippen LogP contribution in [0.15, 0.2) is 24.3 Å². The van der Waals surface area contributed by atoms with Crippen LogP contribution in [0.3, 0.4) is 0 Å². The summed E-state index contributed by atoms with van der Waals surface area (Å²) >= 11 is 6.29. The quantitative estimate of drug-likeness (QED) is 0.850. The summed E-state index contributed by atoms with van der Waals surface area (Å²) in [4.78, 5) is 12.4.